The van der Waals surface area contributed by atoms with Crippen molar-refractivity contribution in [2.45, 2.75) is 26.2 Å². The van der Waals surface area contributed by atoms with Crippen molar-refractivity contribution in [1.29, 1.82) is 0 Å². The lowest BCUT2D eigenvalue weighted by Gasteiger charge is -2.18. The summed E-state index contributed by atoms with van der Waals surface area (Å²) in [5.41, 5.74) is 7.56. The van der Waals surface area contributed by atoms with E-state index in [-0.39, 0.29) is 0 Å². The Morgan fingerprint density at radius 1 is 1.33 bits per heavy atom. The number of halogens is 1. The van der Waals surface area contributed by atoms with E-state index in [1.54, 1.807) is 24.3 Å². The largest absolute Gasteiger partial charge is 0.365 e. The average Bonchev–Trinajstić information content (AvgIpc) is 2.83. The number of hydrogen-bond donors (Lipinski definition) is 3. The van der Waals surface area contributed by atoms with E-state index in [4.69, 9.17) is 17.3 Å². The number of hydrogen-bond acceptors (Lipinski definition) is 3. The zero-order valence-corrected chi connectivity index (χ0v) is 14.8. The molecule has 0 fully saturated rings. The maximum Gasteiger partial charge on any atom is 0.324 e. The van der Waals surface area contributed by atoms with Gasteiger partial charge in [0.2, 0.25) is 0 Å². The van der Waals surface area contributed by atoms with Crippen molar-refractivity contribution in [2.24, 2.45) is 11.7 Å². The number of primary amides is 1. The first-order chi connectivity index (χ1) is 11.4. The number of urea groups is 1. The van der Waals surface area contributed by atoms with Gasteiger partial charge in [0.05, 0.1) is 5.56 Å². The maximum atomic E-state index is 12.2. The molecule has 7 heteroatoms. The van der Waals surface area contributed by atoms with Gasteiger partial charge in [0.25, 0.3) is 5.91 Å². The van der Waals surface area contributed by atoms with Gasteiger partial charge in [-0.25, -0.2) is 4.79 Å². The van der Waals surface area contributed by atoms with Crippen LogP contribution in [0.15, 0.2) is 24.3 Å². The first kappa shape index (κ1) is 16.8. The van der Waals surface area contributed by atoms with Crippen LogP contribution in [0.25, 0.3) is 0 Å². The average molecular weight is 364 g/mol. The molecule has 1 atom stereocenters. The second-order valence-electron chi connectivity index (χ2n) is 6.01. The van der Waals surface area contributed by atoms with Gasteiger partial charge in [0, 0.05) is 15.6 Å². The molecule has 1 aromatic heterocycles. The number of carbonyl (C=O) groups is 2. The van der Waals surface area contributed by atoms with Crippen LogP contribution < -0.4 is 16.4 Å². The standard InChI is InChI=1S/C17H18ClN3O2S/c1-9-5-6-12-13(7-9)24-16(14(12)15(19)22)21-17(23)20-11-4-2-3-10(18)8-11/h2-4,8-9H,5-7H2,1H3,(H2,19,22)(H2,20,21,23). The molecule has 3 rings (SSSR count). The van der Waals surface area contributed by atoms with Crippen LogP contribution in [0.2, 0.25) is 5.02 Å². The number of thiophene rings is 1. The summed E-state index contributed by atoms with van der Waals surface area (Å²) in [6.07, 6.45) is 2.76. The molecule has 0 spiro atoms. The SMILES string of the molecule is CC1CCc2c(sc(NC(=O)Nc3cccc(Cl)c3)c2C(N)=O)C1. The Hall–Kier alpha value is -2.05. The predicted molar refractivity (Wildman–Crippen MR) is 98.1 cm³/mol. The molecular weight excluding hydrogens is 346 g/mol. The number of nitrogens with two attached hydrogens (primary N) is 1. The minimum atomic E-state index is -0.500. The Morgan fingerprint density at radius 2 is 2.12 bits per heavy atom. The van der Waals surface area contributed by atoms with Gasteiger partial charge in [-0.1, -0.05) is 24.6 Å². The molecule has 5 nitrogen and oxygen atoms in total. The molecule has 1 aliphatic rings. The number of benzene rings is 1. The fourth-order valence-electron chi connectivity index (χ4n) is 2.93. The van der Waals surface area contributed by atoms with Crippen LogP contribution >= 0.6 is 22.9 Å². The lowest BCUT2D eigenvalue weighted by atomic mass is 9.88. The van der Waals surface area contributed by atoms with E-state index in [0.717, 1.165) is 29.7 Å². The molecule has 1 aliphatic carbocycles. The second-order valence-corrected chi connectivity index (χ2v) is 7.55. The minimum absolute atomic E-state index is 0.425. The van der Waals surface area contributed by atoms with Crippen molar-refractivity contribution in [2.75, 3.05) is 10.6 Å². The zero-order chi connectivity index (χ0) is 17.3. The molecule has 0 bridgehead atoms. The van der Waals surface area contributed by atoms with E-state index in [0.29, 0.717) is 27.2 Å². The Labute approximate surface area is 149 Å². The second kappa shape index (κ2) is 6.83. The van der Waals surface area contributed by atoms with Crippen molar-refractivity contribution >= 4 is 45.6 Å². The maximum absolute atomic E-state index is 12.2. The summed E-state index contributed by atoms with van der Waals surface area (Å²) in [6.45, 7) is 2.19. The first-order valence-corrected chi connectivity index (χ1v) is 8.91. The lowest BCUT2D eigenvalue weighted by Crippen LogP contribution is -2.22. The quantitative estimate of drug-likeness (QED) is 0.760. The molecule has 126 valence electrons. The normalized spacial score (nSPS) is 16.3. The van der Waals surface area contributed by atoms with Crippen molar-refractivity contribution in [3.05, 3.63) is 45.3 Å². The smallest absolute Gasteiger partial charge is 0.324 e. The molecular formula is C17H18ClN3O2S. The van der Waals surface area contributed by atoms with Gasteiger partial charge < -0.3 is 11.1 Å². The van der Waals surface area contributed by atoms with Crippen LogP contribution in [-0.4, -0.2) is 11.9 Å². The van der Waals surface area contributed by atoms with Crippen LogP contribution in [0, 0.1) is 5.92 Å². The summed E-state index contributed by atoms with van der Waals surface area (Å²) in [6, 6.07) is 6.44. The van der Waals surface area contributed by atoms with Crippen molar-refractivity contribution in [1.82, 2.24) is 0 Å². The molecule has 0 saturated heterocycles. The summed E-state index contributed by atoms with van der Waals surface area (Å²) < 4.78 is 0. The van der Waals surface area contributed by atoms with Gasteiger partial charge in [-0.15, -0.1) is 11.3 Å². The monoisotopic (exact) mass is 363 g/mol. The highest BCUT2D eigenvalue weighted by molar-refractivity contribution is 7.17. The van der Waals surface area contributed by atoms with Gasteiger partial charge in [0.15, 0.2) is 0 Å². The number of amides is 3. The van der Waals surface area contributed by atoms with E-state index in [1.165, 1.54) is 11.3 Å². The van der Waals surface area contributed by atoms with Crippen LogP contribution in [0.5, 0.6) is 0 Å². The van der Waals surface area contributed by atoms with Gasteiger partial charge in [-0.05, 0) is 48.9 Å². The summed E-state index contributed by atoms with van der Waals surface area (Å²) >= 11 is 7.34. The van der Waals surface area contributed by atoms with Crippen LogP contribution in [0.3, 0.4) is 0 Å². The minimum Gasteiger partial charge on any atom is -0.365 e. The van der Waals surface area contributed by atoms with Crippen LogP contribution in [0.1, 0.15) is 34.1 Å². The zero-order valence-electron chi connectivity index (χ0n) is 13.2. The Bertz CT molecular complexity index is 803. The summed E-state index contributed by atoms with van der Waals surface area (Å²) in [5, 5.41) is 6.51. The molecule has 0 saturated carbocycles. The van der Waals surface area contributed by atoms with Crippen molar-refractivity contribution < 1.29 is 9.59 Å². The van der Waals surface area contributed by atoms with E-state index in [9.17, 15) is 9.59 Å². The Kier molecular flexibility index (Phi) is 4.78. The summed E-state index contributed by atoms with van der Waals surface area (Å²) in [4.78, 5) is 25.2. The van der Waals surface area contributed by atoms with Crippen LogP contribution in [-0.2, 0) is 12.8 Å². The van der Waals surface area contributed by atoms with Gasteiger partial charge in [-0.2, -0.15) is 0 Å². The predicted octanol–water partition coefficient (Wildman–Crippen LogP) is 4.27. The summed E-state index contributed by atoms with van der Waals surface area (Å²) in [7, 11) is 0. The van der Waals surface area contributed by atoms with E-state index >= 15 is 0 Å². The number of nitrogens with one attached hydrogen (secondary N) is 2. The topological polar surface area (TPSA) is 84.2 Å². The molecule has 0 radical (unpaired) electrons. The fourth-order valence-corrected chi connectivity index (χ4v) is 4.53. The van der Waals surface area contributed by atoms with E-state index < -0.39 is 11.9 Å². The van der Waals surface area contributed by atoms with Crippen molar-refractivity contribution in [3.63, 3.8) is 0 Å². The molecule has 1 aromatic carbocycles. The molecule has 4 N–H and O–H groups in total. The molecule has 1 unspecified atom stereocenters. The van der Waals surface area contributed by atoms with Gasteiger partial charge in [0.1, 0.15) is 5.00 Å². The molecule has 24 heavy (non-hydrogen) atoms. The van der Waals surface area contributed by atoms with Crippen LogP contribution in [0.4, 0.5) is 15.5 Å². The van der Waals surface area contributed by atoms with Gasteiger partial charge in [-0.3, -0.25) is 10.1 Å². The van der Waals surface area contributed by atoms with E-state index in [1.807, 2.05) is 0 Å². The lowest BCUT2D eigenvalue weighted by molar-refractivity contribution is 0.100. The molecule has 2 aromatic rings. The number of rotatable bonds is 3. The molecule has 3 amide bonds. The number of fused-ring (bicyclic) bond motifs is 1. The third-order valence-corrected chi connectivity index (χ3v) is 5.47. The third kappa shape index (κ3) is 3.55. The highest BCUT2D eigenvalue weighted by atomic mass is 35.5. The highest BCUT2D eigenvalue weighted by Gasteiger charge is 2.27. The van der Waals surface area contributed by atoms with Gasteiger partial charge >= 0.3 is 6.03 Å². The van der Waals surface area contributed by atoms with E-state index in [2.05, 4.69) is 17.6 Å². The highest BCUT2D eigenvalue weighted by Crippen LogP contribution is 2.39. The Morgan fingerprint density at radius 3 is 2.83 bits per heavy atom. The van der Waals surface area contributed by atoms with Crippen molar-refractivity contribution in [3.8, 4) is 0 Å². The molecule has 1 heterocycles. The summed E-state index contributed by atoms with van der Waals surface area (Å²) in [5.74, 6) is 0.0742. The number of carbonyl (C=O) groups excluding carboxylic acids is 2. The number of anilines is 2. The molecule has 0 aliphatic heterocycles. The first-order valence-electron chi connectivity index (χ1n) is 7.72. The Balaban J connectivity index is 1.82. The third-order valence-electron chi connectivity index (χ3n) is 4.07. The fraction of sp³-hybridized carbons (Fsp3) is 0.294.